The number of nitrogens with zero attached hydrogens (tertiary/aromatic N) is 4. The zero-order chi connectivity index (χ0) is 21.8. The van der Waals surface area contributed by atoms with Crippen LogP contribution in [-0.2, 0) is 11.3 Å². The van der Waals surface area contributed by atoms with Crippen LogP contribution in [0.4, 0.5) is 5.69 Å². The molecule has 8 nitrogen and oxygen atoms in total. The van der Waals surface area contributed by atoms with Gasteiger partial charge in [-0.25, -0.2) is 0 Å². The molecule has 1 aliphatic rings. The number of ether oxygens (including phenoxy) is 1. The highest BCUT2D eigenvalue weighted by Gasteiger charge is 2.24. The van der Waals surface area contributed by atoms with Crippen LogP contribution in [-0.4, -0.2) is 63.5 Å². The molecule has 31 heavy (non-hydrogen) atoms. The van der Waals surface area contributed by atoms with Gasteiger partial charge in [-0.2, -0.15) is 5.10 Å². The fraction of sp³-hybridized carbons (Fsp3) is 0.318. The molecule has 2 N–H and O–H groups in total. The number of phenols is 1. The molecule has 9 heteroatoms. The van der Waals surface area contributed by atoms with Crippen molar-refractivity contribution in [2.75, 3.05) is 37.7 Å². The van der Waals surface area contributed by atoms with E-state index in [0.29, 0.717) is 43.4 Å². The number of H-pyrrole nitrogens is 1. The lowest BCUT2D eigenvalue weighted by molar-refractivity contribution is -0.132. The van der Waals surface area contributed by atoms with Crippen LogP contribution < -0.4 is 9.64 Å². The van der Waals surface area contributed by atoms with Crippen molar-refractivity contribution in [1.82, 2.24) is 19.7 Å². The van der Waals surface area contributed by atoms with Gasteiger partial charge in [0, 0.05) is 31.7 Å². The number of aromatic hydroxyl groups is 1. The highest BCUT2D eigenvalue weighted by atomic mass is 32.1. The van der Waals surface area contributed by atoms with Gasteiger partial charge < -0.3 is 19.6 Å². The second-order valence-electron chi connectivity index (χ2n) is 7.25. The van der Waals surface area contributed by atoms with Crippen molar-refractivity contribution in [3.05, 3.63) is 53.3 Å². The van der Waals surface area contributed by atoms with Crippen molar-refractivity contribution < 1.29 is 14.6 Å². The molecular formula is C22H25N5O3S. The second kappa shape index (κ2) is 9.22. The van der Waals surface area contributed by atoms with E-state index < -0.39 is 0 Å². The summed E-state index contributed by atoms with van der Waals surface area (Å²) in [5.74, 6) is 1.65. The van der Waals surface area contributed by atoms with Gasteiger partial charge in [0.15, 0.2) is 10.6 Å². The summed E-state index contributed by atoms with van der Waals surface area (Å²) in [4.78, 5) is 16.9. The number of nitrogens with one attached hydrogen (secondary N) is 1. The quantitative estimate of drug-likeness (QED) is 0.574. The van der Waals surface area contributed by atoms with Crippen molar-refractivity contribution in [3.63, 3.8) is 0 Å². The fourth-order valence-corrected chi connectivity index (χ4v) is 3.91. The van der Waals surface area contributed by atoms with Crippen LogP contribution in [0.3, 0.4) is 0 Å². The van der Waals surface area contributed by atoms with E-state index >= 15 is 0 Å². The largest absolute Gasteiger partial charge is 0.506 e. The third-order valence-electron chi connectivity index (χ3n) is 5.33. The van der Waals surface area contributed by atoms with Gasteiger partial charge in [-0.1, -0.05) is 12.1 Å². The van der Waals surface area contributed by atoms with Crippen LogP contribution in [0.5, 0.6) is 11.5 Å². The molecule has 1 aromatic heterocycles. The van der Waals surface area contributed by atoms with Gasteiger partial charge in [0.05, 0.1) is 12.3 Å². The zero-order valence-corrected chi connectivity index (χ0v) is 18.1. The van der Waals surface area contributed by atoms with Gasteiger partial charge in [0.2, 0.25) is 5.91 Å². The summed E-state index contributed by atoms with van der Waals surface area (Å²) in [5, 5.41) is 17.2. The number of anilines is 1. The molecule has 1 amide bonds. The summed E-state index contributed by atoms with van der Waals surface area (Å²) in [5.41, 5.74) is 1.65. The van der Waals surface area contributed by atoms with E-state index in [1.54, 1.807) is 16.7 Å². The zero-order valence-electron chi connectivity index (χ0n) is 17.3. The summed E-state index contributed by atoms with van der Waals surface area (Å²) < 4.78 is 7.62. The van der Waals surface area contributed by atoms with Crippen molar-refractivity contribution >= 4 is 23.8 Å². The van der Waals surface area contributed by atoms with Gasteiger partial charge in [0.1, 0.15) is 18.0 Å². The summed E-state index contributed by atoms with van der Waals surface area (Å²) in [6, 6.07) is 14.8. The van der Waals surface area contributed by atoms with Gasteiger partial charge >= 0.3 is 0 Å². The molecule has 1 aliphatic heterocycles. The molecule has 2 aromatic carbocycles. The molecule has 1 fully saturated rings. The number of phenolic OH excluding ortho intramolecular Hbond substituents is 1. The van der Waals surface area contributed by atoms with Crippen molar-refractivity contribution in [3.8, 4) is 22.9 Å². The number of carbonyl (C=O) groups is 1. The molecule has 0 spiro atoms. The van der Waals surface area contributed by atoms with E-state index in [4.69, 9.17) is 17.0 Å². The number of piperazine rings is 1. The Morgan fingerprint density at radius 2 is 1.84 bits per heavy atom. The number of para-hydroxylation sites is 2. The molecule has 4 rings (SSSR count). The summed E-state index contributed by atoms with van der Waals surface area (Å²) >= 11 is 5.37. The van der Waals surface area contributed by atoms with Gasteiger partial charge in [-0.05, 0) is 55.5 Å². The van der Waals surface area contributed by atoms with Crippen molar-refractivity contribution in [2.24, 2.45) is 0 Å². The number of hydrogen-bond acceptors (Lipinski definition) is 6. The molecule has 3 aromatic rings. The van der Waals surface area contributed by atoms with E-state index in [2.05, 4.69) is 15.1 Å². The number of rotatable bonds is 6. The third kappa shape index (κ3) is 4.56. The van der Waals surface area contributed by atoms with Gasteiger partial charge in [-0.3, -0.25) is 14.5 Å². The number of benzene rings is 2. The van der Waals surface area contributed by atoms with Crippen molar-refractivity contribution in [2.45, 2.75) is 13.5 Å². The molecule has 0 atom stereocenters. The Hall–Kier alpha value is -3.33. The first-order chi connectivity index (χ1) is 15.1. The number of carbonyl (C=O) groups excluding carboxylic acids is 1. The molecule has 1 saturated heterocycles. The highest BCUT2D eigenvalue weighted by Crippen LogP contribution is 2.27. The third-order valence-corrected chi connectivity index (χ3v) is 5.64. The SMILES string of the molecule is CCOc1ccc(-c2n[nH]c(=S)n2CC(=O)N2CCN(c3ccccc3O)CC2)cc1. The van der Waals surface area contributed by atoms with E-state index in [-0.39, 0.29) is 18.2 Å². The van der Waals surface area contributed by atoms with Crippen LogP contribution in [0.1, 0.15) is 6.92 Å². The maximum absolute atomic E-state index is 13.0. The average molecular weight is 440 g/mol. The lowest BCUT2D eigenvalue weighted by atomic mass is 10.2. The van der Waals surface area contributed by atoms with Crippen LogP contribution in [0, 0.1) is 4.77 Å². The molecule has 2 heterocycles. The predicted molar refractivity (Wildman–Crippen MR) is 121 cm³/mol. The minimum absolute atomic E-state index is 0.0124. The Bertz CT molecular complexity index is 1100. The van der Waals surface area contributed by atoms with Crippen LogP contribution in [0.15, 0.2) is 48.5 Å². The minimum Gasteiger partial charge on any atom is -0.506 e. The summed E-state index contributed by atoms with van der Waals surface area (Å²) in [6.07, 6.45) is 0. The standard InChI is InChI=1S/C22H25N5O3S/c1-2-30-17-9-7-16(8-10-17)21-23-24-22(31)27(21)15-20(29)26-13-11-25(12-14-26)18-5-3-4-6-19(18)28/h3-10,28H,2,11-15H2,1H3,(H,24,31). The summed E-state index contributed by atoms with van der Waals surface area (Å²) in [7, 11) is 0. The topological polar surface area (TPSA) is 86.6 Å². The molecule has 0 radical (unpaired) electrons. The Morgan fingerprint density at radius 3 is 2.52 bits per heavy atom. The fourth-order valence-electron chi connectivity index (χ4n) is 3.72. The minimum atomic E-state index is -0.0124. The highest BCUT2D eigenvalue weighted by molar-refractivity contribution is 7.71. The number of amides is 1. The Morgan fingerprint density at radius 1 is 1.13 bits per heavy atom. The Balaban J connectivity index is 1.43. The van der Waals surface area contributed by atoms with Crippen LogP contribution >= 0.6 is 12.2 Å². The lowest BCUT2D eigenvalue weighted by Crippen LogP contribution is -2.49. The number of hydrogen-bond donors (Lipinski definition) is 2. The predicted octanol–water partition coefficient (Wildman–Crippen LogP) is 3.06. The van der Waals surface area contributed by atoms with E-state index in [1.807, 2.05) is 48.2 Å². The van der Waals surface area contributed by atoms with E-state index in [1.165, 1.54) is 0 Å². The molecule has 0 unspecified atom stereocenters. The Kier molecular flexibility index (Phi) is 6.22. The maximum atomic E-state index is 13.0. The maximum Gasteiger partial charge on any atom is 0.242 e. The average Bonchev–Trinajstić information content (AvgIpc) is 3.15. The van der Waals surface area contributed by atoms with Crippen LogP contribution in [0.25, 0.3) is 11.4 Å². The molecule has 0 saturated carbocycles. The molecule has 162 valence electrons. The normalized spacial score (nSPS) is 14.0. The summed E-state index contributed by atoms with van der Waals surface area (Å²) in [6.45, 7) is 5.14. The smallest absolute Gasteiger partial charge is 0.242 e. The first-order valence-electron chi connectivity index (χ1n) is 10.3. The molecule has 0 bridgehead atoms. The number of aromatic nitrogens is 3. The van der Waals surface area contributed by atoms with Gasteiger partial charge in [-0.15, -0.1) is 0 Å². The Labute approximate surface area is 185 Å². The molecule has 0 aliphatic carbocycles. The van der Waals surface area contributed by atoms with Crippen LogP contribution in [0.2, 0.25) is 0 Å². The monoisotopic (exact) mass is 439 g/mol. The van der Waals surface area contributed by atoms with Gasteiger partial charge in [0.25, 0.3) is 0 Å². The second-order valence-corrected chi connectivity index (χ2v) is 7.64. The lowest BCUT2D eigenvalue weighted by Gasteiger charge is -2.36. The van der Waals surface area contributed by atoms with Crippen molar-refractivity contribution in [1.29, 1.82) is 0 Å². The molecular weight excluding hydrogens is 414 g/mol. The van der Waals surface area contributed by atoms with E-state index in [9.17, 15) is 9.90 Å². The van der Waals surface area contributed by atoms with E-state index in [0.717, 1.165) is 17.0 Å². The first-order valence-corrected chi connectivity index (χ1v) is 10.7. The number of aromatic amines is 1. The first kappa shape index (κ1) is 20.9.